The Hall–Kier alpha value is -1.34. The van der Waals surface area contributed by atoms with Crippen LogP contribution in [0.3, 0.4) is 0 Å². The summed E-state index contributed by atoms with van der Waals surface area (Å²) in [7, 11) is 0. The minimum absolute atomic E-state index is 0.0181. The van der Waals surface area contributed by atoms with Gasteiger partial charge >= 0.3 is 0 Å². The molecule has 0 saturated carbocycles. The van der Waals surface area contributed by atoms with Crippen molar-refractivity contribution in [2.24, 2.45) is 0 Å². The van der Waals surface area contributed by atoms with Gasteiger partial charge in [-0.15, -0.1) is 0 Å². The molecule has 3 N–H and O–H groups in total. The topological polar surface area (TPSA) is 82.7 Å². The third-order valence-corrected chi connectivity index (χ3v) is 4.81. The van der Waals surface area contributed by atoms with Gasteiger partial charge in [0.25, 0.3) is 5.91 Å². The van der Waals surface area contributed by atoms with Crippen LogP contribution in [0, 0.1) is 0 Å². The van der Waals surface area contributed by atoms with Crippen molar-refractivity contribution >= 4 is 28.2 Å². The maximum Gasteiger partial charge on any atom is 0.268 e. The van der Waals surface area contributed by atoms with Crippen LogP contribution in [0.2, 0.25) is 0 Å². The lowest BCUT2D eigenvalue weighted by Gasteiger charge is -2.26. The zero-order valence-electron chi connectivity index (χ0n) is 12.7. The summed E-state index contributed by atoms with van der Waals surface area (Å²) in [6.45, 7) is 6.07. The van der Waals surface area contributed by atoms with Crippen molar-refractivity contribution in [3.8, 4) is 0 Å². The Balaban J connectivity index is 2.19. The summed E-state index contributed by atoms with van der Waals surface area (Å²) >= 11 is 1.36. The van der Waals surface area contributed by atoms with Crippen LogP contribution in [-0.2, 0) is 0 Å². The molecule has 2 rings (SSSR count). The number of carbonyl (C=O) groups is 1. The highest BCUT2D eigenvalue weighted by Crippen LogP contribution is 2.31. The Labute approximate surface area is 129 Å². The molecule has 1 aromatic heterocycles. The lowest BCUT2D eigenvalue weighted by atomic mass is 10.1. The number of carbonyl (C=O) groups excluding carboxylic acids is 1. The Morgan fingerprint density at radius 3 is 2.67 bits per heavy atom. The van der Waals surface area contributed by atoms with E-state index in [1.165, 1.54) is 17.8 Å². The SMILES string of the molecule is CC(C)N(CCO)C(=O)c1sc(N2CCCCC2)nc1N. The minimum Gasteiger partial charge on any atom is -0.395 e. The molecule has 1 aliphatic rings. The van der Waals surface area contributed by atoms with Crippen LogP contribution < -0.4 is 10.6 Å². The van der Waals surface area contributed by atoms with Gasteiger partial charge in [0.2, 0.25) is 0 Å². The molecule has 6 nitrogen and oxygen atoms in total. The van der Waals surface area contributed by atoms with E-state index >= 15 is 0 Å². The largest absolute Gasteiger partial charge is 0.395 e. The van der Waals surface area contributed by atoms with E-state index in [0.717, 1.165) is 31.1 Å². The zero-order chi connectivity index (χ0) is 15.4. The lowest BCUT2D eigenvalue weighted by molar-refractivity contribution is 0.0671. The van der Waals surface area contributed by atoms with Crippen LogP contribution in [0.4, 0.5) is 10.9 Å². The number of aromatic nitrogens is 1. The van der Waals surface area contributed by atoms with Crippen LogP contribution in [0.1, 0.15) is 42.8 Å². The fraction of sp³-hybridized carbons (Fsp3) is 0.714. The third kappa shape index (κ3) is 3.65. The summed E-state index contributed by atoms with van der Waals surface area (Å²) in [5, 5.41) is 9.95. The molecule has 0 aliphatic carbocycles. The molecule has 0 aromatic carbocycles. The minimum atomic E-state index is -0.141. The van der Waals surface area contributed by atoms with Gasteiger partial charge in [0.15, 0.2) is 5.13 Å². The number of nitrogen functional groups attached to an aromatic ring is 1. The van der Waals surface area contributed by atoms with Crippen molar-refractivity contribution in [1.82, 2.24) is 9.88 Å². The molecule has 0 bridgehead atoms. The van der Waals surface area contributed by atoms with Gasteiger partial charge in [0.1, 0.15) is 10.7 Å². The molecule has 0 unspecified atom stereocenters. The van der Waals surface area contributed by atoms with Crippen molar-refractivity contribution in [2.75, 3.05) is 36.9 Å². The average molecular weight is 312 g/mol. The number of piperidine rings is 1. The standard InChI is InChI=1S/C14H24N4O2S/c1-10(2)18(8-9-19)13(20)11-12(15)16-14(21-11)17-6-4-3-5-7-17/h10,19H,3-9,15H2,1-2H3. The van der Waals surface area contributed by atoms with E-state index in [2.05, 4.69) is 9.88 Å². The molecule has 1 aromatic rings. The van der Waals surface area contributed by atoms with Gasteiger partial charge in [-0.2, -0.15) is 0 Å². The molecule has 2 heterocycles. The maximum absolute atomic E-state index is 12.6. The highest BCUT2D eigenvalue weighted by Gasteiger charge is 2.25. The highest BCUT2D eigenvalue weighted by atomic mass is 32.1. The first-order valence-corrected chi connectivity index (χ1v) is 8.29. The van der Waals surface area contributed by atoms with Crippen LogP contribution in [0.25, 0.3) is 0 Å². The Kier molecular flexibility index (Phi) is 5.41. The molecule has 21 heavy (non-hydrogen) atoms. The third-order valence-electron chi connectivity index (χ3n) is 3.69. The molecular weight excluding hydrogens is 288 g/mol. The predicted molar refractivity (Wildman–Crippen MR) is 85.8 cm³/mol. The van der Waals surface area contributed by atoms with Crippen molar-refractivity contribution in [3.05, 3.63) is 4.88 Å². The summed E-state index contributed by atoms with van der Waals surface area (Å²) in [6, 6.07) is 0.0181. The van der Waals surface area contributed by atoms with Gasteiger partial charge < -0.3 is 20.6 Å². The lowest BCUT2D eigenvalue weighted by Crippen LogP contribution is -2.38. The second kappa shape index (κ2) is 7.09. The average Bonchev–Trinajstić information content (AvgIpc) is 2.87. The second-order valence-corrected chi connectivity index (χ2v) is 6.55. The molecule has 1 saturated heterocycles. The summed E-state index contributed by atoms with van der Waals surface area (Å²) < 4.78 is 0. The summed E-state index contributed by atoms with van der Waals surface area (Å²) in [5.41, 5.74) is 5.95. The van der Waals surface area contributed by atoms with E-state index in [1.54, 1.807) is 4.90 Å². The highest BCUT2D eigenvalue weighted by molar-refractivity contribution is 7.18. The van der Waals surface area contributed by atoms with Crippen molar-refractivity contribution in [1.29, 1.82) is 0 Å². The van der Waals surface area contributed by atoms with Crippen molar-refractivity contribution < 1.29 is 9.90 Å². The van der Waals surface area contributed by atoms with E-state index in [9.17, 15) is 4.79 Å². The predicted octanol–water partition coefficient (Wildman–Crippen LogP) is 1.56. The van der Waals surface area contributed by atoms with E-state index in [-0.39, 0.29) is 18.6 Å². The van der Waals surface area contributed by atoms with E-state index < -0.39 is 0 Å². The quantitative estimate of drug-likeness (QED) is 0.862. The molecule has 0 spiro atoms. The Morgan fingerprint density at radius 2 is 2.10 bits per heavy atom. The van der Waals surface area contributed by atoms with Gasteiger partial charge in [-0.25, -0.2) is 4.98 Å². The zero-order valence-corrected chi connectivity index (χ0v) is 13.5. The number of aliphatic hydroxyl groups is 1. The molecule has 0 radical (unpaired) electrons. The normalized spacial score (nSPS) is 15.5. The van der Waals surface area contributed by atoms with E-state index in [1.807, 2.05) is 13.8 Å². The van der Waals surface area contributed by atoms with Crippen LogP contribution in [-0.4, -0.2) is 53.2 Å². The number of thiazole rings is 1. The van der Waals surface area contributed by atoms with Crippen LogP contribution in [0.15, 0.2) is 0 Å². The van der Waals surface area contributed by atoms with Gasteiger partial charge in [0, 0.05) is 25.7 Å². The van der Waals surface area contributed by atoms with Crippen molar-refractivity contribution in [3.63, 3.8) is 0 Å². The molecule has 1 aliphatic heterocycles. The molecule has 1 fully saturated rings. The first-order valence-electron chi connectivity index (χ1n) is 7.47. The first-order chi connectivity index (χ1) is 10.0. The van der Waals surface area contributed by atoms with E-state index in [4.69, 9.17) is 10.8 Å². The van der Waals surface area contributed by atoms with Gasteiger partial charge in [-0.3, -0.25) is 4.79 Å². The maximum atomic E-state index is 12.6. The van der Waals surface area contributed by atoms with Crippen LogP contribution in [0.5, 0.6) is 0 Å². The molecule has 118 valence electrons. The first kappa shape index (κ1) is 16.0. The smallest absolute Gasteiger partial charge is 0.268 e. The summed E-state index contributed by atoms with van der Waals surface area (Å²) in [6.07, 6.45) is 3.57. The van der Waals surface area contributed by atoms with Gasteiger partial charge in [-0.1, -0.05) is 11.3 Å². The number of aliphatic hydroxyl groups excluding tert-OH is 1. The Morgan fingerprint density at radius 1 is 1.43 bits per heavy atom. The summed E-state index contributed by atoms with van der Waals surface area (Å²) in [5.74, 6) is 0.159. The van der Waals surface area contributed by atoms with Crippen molar-refractivity contribution in [2.45, 2.75) is 39.2 Å². The number of nitrogens with zero attached hydrogens (tertiary/aromatic N) is 3. The fourth-order valence-electron chi connectivity index (χ4n) is 2.53. The number of hydrogen-bond acceptors (Lipinski definition) is 6. The second-order valence-electron chi connectivity index (χ2n) is 5.57. The molecule has 7 heteroatoms. The monoisotopic (exact) mass is 312 g/mol. The van der Waals surface area contributed by atoms with Gasteiger partial charge in [-0.05, 0) is 33.1 Å². The summed E-state index contributed by atoms with van der Waals surface area (Å²) in [4.78, 5) is 21.3. The molecule has 1 amide bonds. The molecule has 0 atom stereocenters. The number of rotatable bonds is 5. The number of anilines is 2. The Bertz CT molecular complexity index is 483. The van der Waals surface area contributed by atoms with Crippen LogP contribution >= 0.6 is 11.3 Å². The fourth-order valence-corrected chi connectivity index (χ4v) is 3.52. The number of nitrogens with two attached hydrogens (primary N) is 1. The number of amides is 1. The van der Waals surface area contributed by atoms with E-state index in [0.29, 0.717) is 17.2 Å². The van der Waals surface area contributed by atoms with Gasteiger partial charge in [0.05, 0.1) is 6.61 Å². The number of hydrogen-bond donors (Lipinski definition) is 2. The molecular formula is C14H24N4O2S.